The molecule has 0 aliphatic rings. The predicted octanol–water partition coefficient (Wildman–Crippen LogP) is 8.52. The summed E-state index contributed by atoms with van der Waals surface area (Å²) >= 11 is 0. The second-order valence-corrected chi connectivity index (χ2v) is 12.3. The van der Waals surface area contributed by atoms with Crippen molar-refractivity contribution >= 4 is 19.7 Å². The van der Waals surface area contributed by atoms with Gasteiger partial charge < -0.3 is 14.9 Å². The molecule has 2 N–H and O–H groups in total. The normalized spacial score (nSPS) is 14.2. The molecule has 236 valence electrons. The zero-order valence-corrected chi connectivity index (χ0v) is 26.7. The van der Waals surface area contributed by atoms with E-state index < -0.39 is 25.9 Å². The molecule has 1 aromatic rings. The average Bonchev–Trinajstić information content (AvgIpc) is 2.96. The molecule has 0 aliphatic carbocycles. The van der Waals surface area contributed by atoms with E-state index in [9.17, 15) is 19.0 Å². The Balaban J connectivity index is 2.53. The van der Waals surface area contributed by atoms with Gasteiger partial charge in [-0.1, -0.05) is 122 Å². The minimum Gasteiger partial charge on any atom is -0.456 e. The van der Waals surface area contributed by atoms with E-state index in [-0.39, 0.29) is 19.1 Å². The van der Waals surface area contributed by atoms with E-state index in [4.69, 9.17) is 13.8 Å². The summed E-state index contributed by atoms with van der Waals surface area (Å²) in [6.07, 6.45) is 17.2. The standard InChI is InChI=1S/C32H56NO7P/c1-4-7-8-9-10-11-12-13-14-15-16-17-21-25-31(34)33-29(27-39-41(36,37)38-26-6-3)30(22-5-2)40-32(35)28-23-19-18-20-24-28/h18-20,23-24,29-30H,4-17,21-22,25-27H2,1-3H3,(H,33,34)(H,36,37)/t29-,30+/m0/s1. The van der Waals surface area contributed by atoms with Gasteiger partial charge in [0, 0.05) is 6.42 Å². The molecule has 1 rings (SSSR count). The minimum absolute atomic E-state index is 0.0746. The number of rotatable bonds is 26. The Hall–Kier alpha value is -1.73. The number of carbonyl (C=O) groups excluding carboxylic acids is 2. The summed E-state index contributed by atoms with van der Waals surface area (Å²) in [7, 11) is -4.30. The second-order valence-electron chi connectivity index (χ2n) is 10.9. The van der Waals surface area contributed by atoms with Crippen LogP contribution in [0.2, 0.25) is 0 Å². The number of benzene rings is 1. The number of ether oxygens (including phenoxy) is 1. The zero-order chi connectivity index (χ0) is 30.2. The van der Waals surface area contributed by atoms with Crippen LogP contribution in [0.4, 0.5) is 0 Å². The van der Waals surface area contributed by atoms with Crippen LogP contribution < -0.4 is 5.32 Å². The van der Waals surface area contributed by atoms with Crippen LogP contribution in [0.5, 0.6) is 0 Å². The maximum absolute atomic E-state index is 12.8. The fourth-order valence-electron chi connectivity index (χ4n) is 4.65. The third-order valence-corrected chi connectivity index (χ3v) is 8.00. The molecule has 1 unspecified atom stereocenters. The first-order valence-corrected chi connectivity index (χ1v) is 17.5. The number of phosphoric ester groups is 1. The first kappa shape index (κ1) is 37.3. The predicted molar refractivity (Wildman–Crippen MR) is 165 cm³/mol. The summed E-state index contributed by atoms with van der Waals surface area (Å²) in [5.41, 5.74) is 0.394. The zero-order valence-electron chi connectivity index (χ0n) is 25.8. The summed E-state index contributed by atoms with van der Waals surface area (Å²) < 4.78 is 28.2. The third kappa shape index (κ3) is 19.2. The van der Waals surface area contributed by atoms with E-state index in [2.05, 4.69) is 12.2 Å². The molecule has 0 aromatic heterocycles. The highest BCUT2D eigenvalue weighted by Gasteiger charge is 2.31. The second kappa shape index (κ2) is 23.8. The summed E-state index contributed by atoms with van der Waals surface area (Å²) in [5, 5.41) is 2.90. The molecule has 0 spiro atoms. The van der Waals surface area contributed by atoms with Crippen LogP contribution >= 0.6 is 7.82 Å². The summed E-state index contributed by atoms with van der Waals surface area (Å²) in [4.78, 5) is 35.6. The van der Waals surface area contributed by atoms with Gasteiger partial charge in [-0.05, 0) is 31.4 Å². The van der Waals surface area contributed by atoms with Crippen molar-refractivity contribution in [1.82, 2.24) is 5.32 Å². The molecular formula is C32H56NO7P. The van der Waals surface area contributed by atoms with Gasteiger partial charge in [0.05, 0.1) is 24.8 Å². The van der Waals surface area contributed by atoms with Crippen molar-refractivity contribution in [1.29, 1.82) is 0 Å². The van der Waals surface area contributed by atoms with Gasteiger partial charge in [-0.15, -0.1) is 0 Å². The Bertz CT molecular complexity index is 852. The quantitative estimate of drug-likeness (QED) is 0.0625. The molecule has 0 aliphatic heterocycles. The van der Waals surface area contributed by atoms with Crippen LogP contribution in [0, 0.1) is 0 Å². The first-order valence-electron chi connectivity index (χ1n) is 16.0. The van der Waals surface area contributed by atoms with Crippen LogP contribution in [0.1, 0.15) is 140 Å². The molecule has 0 radical (unpaired) electrons. The highest BCUT2D eigenvalue weighted by molar-refractivity contribution is 7.47. The van der Waals surface area contributed by atoms with Crippen molar-refractivity contribution in [2.24, 2.45) is 0 Å². The van der Waals surface area contributed by atoms with E-state index in [1.165, 1.54) is 64.2 Å². The molecule has 0 saturated heterocycles. The number of hydrogen-bond donors (Lipinski definition) is 2. The minimum atomic E-state index is -4.30. The molecule has 0 heterocycles. The first-order chi connectivity index (χ1) is 19.8. The maximum atomic E-state index is 12.8. The van der Waals surface area contributed by atoms with Gasteiger partial charge in [0.2, 0.25) is 5.91 Å². The van der Waals surface area contributed by atoms with Crippen LogP contribution in [-0.4, -0.2) is 42.1 Å². The van der Waals surface area contributed by atoms with Crippen molar-refractivity contribution in [3.05, 3.63) is 35.9 Å². The van der Waals surface area contributed by atoms with Gasteiger partial charge in [0.25, 0.3) is 0 Å². The van der Waals surface area contributed by atoms with E-state index in [0.717, 1.165) is 19.3 Å². The van der Waals surface area contributed by atoms with E-state index in [1.807, 2.05) is 19.9 Å². The van der Waals surface area contributed by atoms with Crippen LogP contribution in [-0.2, 0) is 23.1 Å². The number of carbonyl (C=O) groups is 2. The van der Waals surface area contributed by atoms with Gasteiger partial charge in [0.1, 0.15) is 6.10 Å². The van der Waals surface area contributed by atoms with Gasteiger partial charge >= 0.3 is 13.8 Å². The summed E-state index contributed by atoms with van der Waals surface area (Å²) in [5.74, 6) is -0.713. The fourth-order valence-corrected chi connectivity index (χ4v) is 5.49. The molecule has 0 fully saturated rings. The number of unbranched alkanes of at least 4 members (excludes halogenated alkanes) is 12. The van der Waals surface area contributed by atoms with Crippen LogP contribution in [0.15, 0.2) is 30.3 Å². The highest BCUT2D eigenvalue weighted by Crippen LogP contribution is 2.43. The SMILES string of the molecule is CCCCCCCCCCCCCCCC(=O)N[C@@H](COP(=O)(O)OCCC)[C@@H](CCC)OC(=O)c1ccccc1. The van der Waals surface area contributed by atoms with Gasteiger partial charge in [-0.25, -0.2) is 9.36 Å². The summed E-state index contributed by atoms with van der Waals surface area (Å²) in [6.45, 7) is 5.77. The van der Waals surface area contributed by atoms with Gasteiger partial charge in [0.15, 0.2) is 0 Å². The Morgan fingerprint density at radius 1 is 0.780 bits per heavy atom. The molecule has 0 bridgehead atoms. The van der Waals surface area contributed by atoms with Crippen molar-refractivity contribution in [2.45, 2.75) is 142 Å². The molecular weight excluding hydrogens is 541 g/mol. The Kier molecular flexibility index (Phi) is 21.6. The lowest BCUT2D eigenvalue weighted by Gasteiger charge is -2.28. The molecule has 8 nitrogen and oxygen atoms in total. The van der Waals surface area contributed by atoms with E-state index in [1.54, 1.807) is 24.3 Å². The maximum Gasteiger partial charge on any atom is 0.472 e. The number of nitrogens with one attached hydrogen (secondary N) is 1. The number of esters is 1. The van der Waals surface area contributed by atoms with Crippen LogP contribution in [0.25, 0.3) is 0 Å². The van der Waals surface area contributed by atoms with Gasteiger partial charge in [-0.2, -0.15) is 0 Å². The van der Waals surface area contributed by atoms with Gasteiger partial charge in [-0.3, -0.25) is 13.8 Å². The molecule has 41 heavy (non-hydrogen) atoms. The molecule has 1 aromatic carbocycles. The monoisotopic (exact) mass is 597 g/mol. The molecule has 0 saturated carbocycles. The van der Waals surface area contributed by atoms with Crippen molar-refractivity contribution in [3.63, 3.8) is 0 Å². The Labute approximate surface area is 248 Å². The summed E-state index contributed by atoms with van der Waals surface area (Å²) in [6, 6.07) is 7.83. The average molecular weight is 598 g/mol. The van der Waals surface area contributed by atoms with E-state index >= 15 is 0 Å². The lowest BCUT2D eigenvalue weighted by molar-refractivity contribution is -0.123. The Morgan fingerprint density at radius 2 is 1.34 bits per heavy atom. The van der Waals surface area contributed by atoms with Crippen molar-refractivity contribution in [2.75, 3.05) is 13.2 Å². The Morgan fingerprint density at radius 3 is 1.88 bits per heavy atom. The largest absolute Gasteiger partial charge is 0.472 e. The number of hydrogen-bond acceptors (Lipinski definition) is 6. The lowest BCUT2D eigenvalue weighted by atomic mass is 10.0. The van der Waals surface area contributed by atoms with Crippen molar-refractivity contribution in [3.8, 4) is 0 Å². The fraction of sp³-hybridized carbons (Fsp3) is 0.750. The van der Waals surface area contributed by atoms with E-state index in [0.29, 0.717) is 31.2 Å². The third-order valence-electron chi connectivity index (χ3n) is 7.02. The smallest absolute Gasteiger partial charge is 0.456 e. The molecule has 9 heteroatoms. The lowest BCUT2D eigenvalue weighted by Crippen LogP contribution is -2.48. The van der Waals surface area contributed by atoms with Crippen molar-refractivity contribution < 1.29 is 32.8 Å². The topological polar surface area (TPSA) is 111 Å². The molecule has 1 amide bonds. The number of phosphoric acid groups is 1. The highest BCUT2D eigenvalue weighted by atomic mass is 31.2. The van der Waals surface area contributed by atoms with Crippen LogP contribution in [0.3, 0.4) is 0 Å². The molecule has 3 atom stereocenters. The number of amides is 1.